The maximum atomic E-state index is 6.15. The molecule has 0 fully saturated rings. The summed E-state index contributed by atoms with van der Waals surface area (Å²) in [7, 11) is 0. The van der Waals surface area contributed by atoms with Crippen LogP contribution in [0, 0.1) is 41.5 Å². The third-order valence-corrected chi connectivity index (χ3v) is 5.30. The third kappa shape index (κ3) is 3.42. The van der Waals surface area contributed by atoms with Crippen LogP contribution >= 0.6 is 0 Å². The maximum absolute atomic E-state index is 6.15. The van der Waals surface area contributed by atoms with E-state index in [1.807, 2.05) is 6.07 Å². The molecule has 0 radical (unpaired) electrons. The van der Waals surface area contributed by atoms with Crippen LogP contribution < -0.4 is 22.1 Å². The molecule has 0 saturated carbocycles. The van der Waals surface area contributed by atoms with Gasteiger partial charge in [-0.15, -0.1) is 0 Å². The lowest BCUT2D eigenvalue weighted by Crippen LogP contribution is -2.55. The van der Waals surface area contributed by atoms with E-state index in [1.165, 1.54) is 49.8 Å². The van der Waals surface area contributed by atoms with Crippen LogP contribution in [0.1, 0.15) is 33.4 Å². The van der Waals surface area contributed by atoms with E-state index in [1.54, 1.807) is 0 Å². The quantitative estimate of drug-likeness (QED) is 0.571. The molecule has 2 N–H and O–H groups in total. The molecule has 1 nitrogen and oxygen atoms in total. The summed E-state index contributed by atoms with van der Waals surface area (Å²) in [4.78, 5) is 0. The first-order valence-corrected chi connectivity index (χ1v) is 9.29. The molecule has 0 spiro atoms. The normalized spacial score (nSPS) is 10.8. The minimum atomic E-state index is 0.194. The van der Waals surface area contributed by atoms with Crippen molar-refractivity contribution in [2.24, 2.45) is 0 Å². The fourth-order valence-corrected chi connectivity index (χ4v) is 4.51. The second-order valence-electron chi connectivity index (χ2n) is 7.73. The van der Waals surface area contributed by atoms with Crippen LogP contribution in [-0.2, 0) is 0 Å². The molecule has 3 aromatic carbocycles. The van der Waals surface area contributed by atoms with Crippen LogP contribution in [0.3, 0.4) is 0 Å². The molecular formula is C24H28BN. The van der Waals surface area contributed by atoms with Crippen LogP contribution in [0.15, 0.2) is 48.5 Å². The molecule has 0 aliphatic heterocycles. The maximum Gasteiger partial charge on any atom is 0.242 e. The highest BCUT2D eigenvalue weighted by atomic mass is 14.5. The monoisotopic (exact) mass is 341 g/mol. The first-order chi connectivity index (χ1) is 12.3. The van der Waals surface area contributed by atoms with Gasteiger partial charge in [-0.05, 0) is 53.7 Å². The second-order valence-corrected chi connectivity index (χ2v) is 7.73. The zero-order chi connectivity index (χ0) is 19.0. The summed E-state index contributed by atoms with van der Waals surface area (Å²) in [5.41, 5.74) is 19.0. The van der Waals surface area contributed by atoms with Gasteiger partial charge in [-0.2, -0.15) is 0 Å². The molecule has 3 rings (SSSR count). The molecule has 0 heterocycles. The molecule has 132 valence electrons. The Bertz CT molecular complexity index is 868. The van der Waals surface area contributed by atoms with Gasteiger partial charge in [0, 0.05) is 5.69 Å². The molecule has 2 heteroatoms. The fourth-order valence-electron chi connectivity index (χ4n) is 4.51. The van der Waals surface area contributed by atoms with Gasteiger partial charge in [0.25, 0.3) is 0 Å². The number of hydrogen-bond acceptors (Lipinski definition) is 1. The Morgan fingerprint density at radius 2 is 1.04 bits per heavy atom. The van der Waals surface area contributed by atoms with Crippen molar-refractivity contribution in [1.82, 2.24) is 0 Å². The van der Waals surface area contributed by atoms with E-state index in [0.717, 1.165) is 5.69 Å². The van der Waals surface area contributed by atoms with Crippen LogP contribution in [0.5, 0.6) is 0 Å². The van der Waals surface area contributed by atoms with Gasteiger partial charge < -0.3 is 5.73 Å². The van der Waals surface area contributed by atoms with Gasteiger partial charge in [0.15, 0.2) is 0 Å². The highest BCUT2D eigenvalue weighted by molar-refractivity contribution is 6.96. The minimum absolute atomic E-state index is 0.194. The smallest absolute Gasteiger partial charge is 0.242 e. The lowest BCUT2D eigenvalue weighted by molar-refractivity contribution is 1.34. The van der Waals surface area contributed by atoms with Crippen molar-refractivity contribution in [3.63, 3.8) is 0 Å². The van der Waals surface area contributed by atoms with Gasteiger partial charge in [0.1, 0.15) is 0 Å². The van der Waals surface area contributed by atoms with E-state index in [2.05, 4.69) is 84.0 Å². The van der Waals surface area contributed by atoms with Gasteiger partial charge in [0.2, 0.25) is 6.71 Å². The Balaban J connectivity index is 2.36. The second kappa shape index (κ2) is 7.03. The molecular weight excluding hydrogens is 313 g/mol. The van der Waals surface area contributed by atoms with Crippen LogP contribution in [0.4, 0.5) is 5.69 Å². The Kier molecular flexibility index (Phi) is 4.95. The van der Waals surface area contributed by atoms with Crippen molar-refractivity contribution >= 4 is 28.8 Å². The summed E-state index contributed by atoms with van der Waals surface area (Å²) in [5.74, 6) is 0. The van der Waals surface area contributed by atoms with E-state index in [9.17, 15) is 0 Å². The van der Waals surface area contributed by atoms with E-state index < -0.39 is 0 Å². The minimum Gasteiger partial charge on any atom is -0.399 e. The zero-order valence-corrected chi connectivity index (χ0v) is 16.8. The molecule has 0 bridgehead atoms. The lowest BCUT2D eigenvalue weighted by Gasteiger charge is -2.24. The molecule has 0 amide bonds. The number of rotatable bonds is 3. The average molecular weight is 341 g/mol. The van der Waals surface area contributed by atoms with Crippen LogP contribution in [-0.4, -0.2) is 6.71 Å². The number of hydrogen-bond donors (Lipinski definition) is 1. The van der Waals surface area contributed by atoms with Gasteiger partial charge >= 0.3 is 0 Å². The van der Waals surface area contributed by atoms with Crippen molar-refractivity contribution < 1.29 is 0 Å². The molecule has 0 aromatic heterocycles. The average Bonchev–Trinajstić information content (AvgIpc) is 2.51. The molecule has 0 aliphatic carbocycles. The van der Waals surface area contributed by atoms with Crippen molar-refractivity contribution in [2.45, 2.75) is 41.5 Å². The molecule has 0 aliphatic rings. The summed E-state index contributed by atoms with van der Waals surface area (Å²) in [6, 6.07) is 17.5. The highest BCUT2D eigenvalue weighted by Gasteiger charge is 2.28. The van der Waals surface area contributed by atoms with Crippen molar-refractivity contribution in [1.29, 1.82) is 0 Å². The summed E-state index contributed by atoms with van der Waals surface area (Å²) < 4.78 is 0. The number of nitrogen functional groups attached to an aromatic ring is 1. The van der Waals surface area contributed by atoms with Crippen molar-refractivity contribution in [3.05, 3.63) is 81.9 Å². The molecule has 26 heavy (non-hydrogen) atoms. The Labute approximate surface area is 158 Å². The van der Waals surface area contributed by atoms with Crippen molar-refractivity contribution in [3.8, 4) is 0 Å². The van der Waals surface area contributed by atoms with E-state index in [-0.39, 0.29) is 6.71 Å². The Morgan fingerprint density at radius 3 is 1.42 bits per heavy atom. The summed E-state index contributed by atoms with van der Waals surface area (Å²) in [6.45, 7) is 13.4. The molecule has 3 aromatic rings. The summed E-state index contributed by atoms with van der Waals surface area (Å²) in [5, 5.41) is 0. The topological polar surface area (TPSA) is 26.0 Å². The fraction of sp³-hybridized carbons (Fsp3) is 0.250. The number of benzene rings is 3. The number of nitrogens with two attached hydrogens (primary N) is 1. The van der Waals surface area contributed by atoms with Gasteiger partial charge in [-0.25, -0.2) is 0 Å². The summed E-state index contributed by atoms with van der Waals surface area (Å²) in [6.07, 6.45) is 0. The first-order valence-electron chi connectivity index (χ1n) is 9.29. The predicted octanol–water partition coefficient (Wildman–Crippen LogP) is 3.64. The van der Waals surface area contributed by atoms with Crippen molar-refractivity contribution in [2.75, 3.05) is 5.73 Å². The third-order valence-electron chi connectivity index (χ3n) is 5.30. The molecule has 0 atom stereocenters. The van der Waals surface area contributed by atoms with E-state index in [4.69, 9.17) is 5.73 Å². The van der Waals surface area contributed by atoms with Crippen LogP contribution in [0.2, 0.25) is 0 Å². The SMILES string of the molecule is Cc1cc(C)c(B(c2cccc(N)c2)c2c(C)cc(C)cc2C)c(C)c1. The van der Waals surface area contributed by atoms with E-state index >= 15 is 0 Å². The van der Waals surface area contributed by atoms with Gasteiger partial charge in [-0.1, -0.05) is 86.2 Å². The standard InChI is InChI=1S/C24H28BN/c1-15-10-17(3)23(18(4)11-15)25(21-8-7-9-22(26)14-21)24-19(5)12-16(2)13-20(24)6/h7-14H,26H2,1-6H3. The number of aryl methyl sites for hydroxylation is 6. The van der Waals surface area contributed by atoms with Gasteiger partial charge in [-0.3, -0.25) is 0 Å². The Morgan fingerprint density at radius 1 is 0.615 bits per heavy atom. The first kappa shape index (κ1) is 18.3. The molecule has 0 saturated heterocycles. The highest BCUT2D eigenvalue weighted by Crippen LogP contribution is 2.13. The van der Waals surface area contributed by atoms with E-state index in [0.29, 0.717) is 0 Å². The predicted molar refractivity (Wildman–Crippen MR) is 117 cm³/mol. The van der Waals surface area contributed by atoms with Crippen LogP contribution in [0.25, 0.3) is 0 Å². The Hall–Kier alpha value is -2.48. The summed E-state index contributed by atoms with van der Waals surface area (Å²) >= 11 is 0. The number of anilines is 1. The lowest BCUT2D eigenvalue weighted by atomic mass is 9.34. The van der Waals surface area contributed by atoms with Gasteiger partial charge in [0.05, 0.1) is 0 Å². The zero-order valence-electron chi connectivity index (χ0n) is 16.8. The molecule has 0 unspecified atom stereocenters. The largest absolute Gasteiger partial charge is 0.399 e.